The molecule has 1 heterocycles. The van der Waals surface area contributed by atoms with Gasteiger partial charge in [-0.15, -0.1) is 12.4 Å². The van der Waals surface area contributed by atoms with Crippen LogP contribution < -0.4 is 10.1 Å². The first-order valence-corrected chi connectivity index (χ1v) is 8.35. The Labute approximate surface area is 149 Å². The maximum Gasteiger partial charge on any atom is 0.260 e. The summed E-state index contributed by atoms with van der Waals surface area (Å²) in [6, 6.07) is 5.45. The predicted octanol–water partition coefficient (Wildman–Crippen LogP) is 3.30. The molecular weight excluding hydrogens is 335 g/mol. The van der Waals surface area contributed by atoms with Crippen LogP contribution in [0.25, 0.3) is 0 Å². The third-order valence-corrected chi connectivity index (χ3v) is 4.57. The van der Waals surface area contributed by atoms with Gasteiger partial charge >= 0.3 is 0 Å². The number of benzene rings is 1. The van der Waals surface area contributed by atoms with Crippen molar-refractivity contribution in [2.24, 2.45) is 5.92 Å². The van der Waals surface area contributed by atoms with Crippen molar-refractivity contribution in [3.8, 4) is 5.75 Å². The fourth-order valence-electron chi connectivity index (χ4n) is 2.68. The van der Waals surface area contributed by atoms with Gasteiger partial charge in [-0.2, -0.15) is 0 Å². The van der Waals surface area contributed by atoms with Crippen LogP contribution in [0.5, 0.6) is 5.75 Å². The summed E-state index contributed by atoms with van der Waals surface area (Å²) < 4.78 is 5.59. The minimum absolute atomic E-state index is 0. The molecule has 0 atom stereocenters. The molecule has 0 saturated carbocycles. The zero-order valence-electron chi connectivity index (χ0n) is 13.8. The van der Waals surface area contributed by atoms with Crippen molar-refractivity contribution in [3.63, 3.8) is 0 Å². The van der Waals surface area contributed by atoms with E-state index in [4.69, 9.17) is 16.3 Å². The Morgan fingerprint density at radius 2 is 2.09 bits per heavy atom. The number of carbonyl (C=O) groups is 1. The molecule has 1 N–H and O–H groups in total. The lowest BCUT2D eigenvalue weighted by atomic mass is 9.97. The average molecular weight is 361 g/mol. The highest BCUT2D eigenvalue weighted by atomic mass is 35.5. The minimum atomic E-state index is 0. The second-order valence-corrected chi connectivity index (χ2v) is 6.24. The van der Waals surface area contributed by atoms with Crippen LogP contribution in [0.4, 0.5) is 0 Å². The summed E-state index contributed by atoms with van der Waals surface area (Å²) in [5.41, 5.74) is 0.954. The largest absolute Gasteiger partial charge is 0.484 e. The minimum Gasteiger partial charge on any atom is -0.484 e. The van der Waals surface area contributed by atoms with Crippen molar-refractivity contribution in [3.05, 3.63) is 28.8 Å². The van der Waals surface area contributed by atoms with E-state index in [9.17, 15) is 4.79 Å². The molecule has 0 aromatic heterocycles. The molecule has 6 heteroatoms. The highest BCUT2D eigenvalue weighted by Crippen LogP contribution is 2.21. The molecule has 0 spiro atoms. The van der Waals surface area contributed by atoms with Gasteiger partial charge in [0.05, 0.1) is 0 Å². The van der Waals surface area contributed by atoms with Gasteiger partial charge in [0.25, 0.3) is 5.91 Å². The number of likely N-dealkylation sites (tertiary alicyclic amines) is 1. The number of piperidine rings is 1. The summed E-state index contributed by atoms with van der Waals surface area (Å²) in [7, 11) is 0. The van der Waals surface area contributed by atoms with E-state index in [1.165, 1.54) is 0 Å². The van der Waals surface area contributed by atoms with Crippen LogP contribution in [0, 0.1) is 12.8 Å². The van der Waals surface area contributed by atoms with Crippen molar-refractivity contribution in [2.45, 2.75) is 26.7 Å². The molecule has 1 aromatic carbocycles. The van der Waals surface area contributed by atoms with E-state index in [0.29, 0.717) is 16.7 Å². The molecule has 1 aliphatic rings. The number of hydrogen-bond acceptors (Lipinski definition) is 3. The number of carbonyl (C=O) groups excluding carboxylic acids is 1. The standard InChI is InChI=1S/C17H25ClN2O2.ClH/c1-3-19-11-14-6-8-20(9-7-14)17(21)12-22-15-4-5-16(18)13(2)10-15;/h4-5,10,14,19H,3,6-9,11-12H2,1-2H3;1H. The fraction of sp³-hybridized carbons (Fsp3) is 0.588. The number of amides is 1. The molecular formula is C17H26Cl2N2O2. The van der Waals surface area contributed by atoms with E-state index in [0.717, 1.165) is 44.6 Å². The van der Waals surface area contributed by atoms with Gasteiger partial charge in [0.15, 0.2) is 6.61 Å². The normalized spacial score (nSPS) is 15.2. The van der Waals surface area contributed by atoms with E-state index >= 15 is 0 Å². The third-order valence-electron chi connectivity index (χ3n) is 4.14. The number of hydrogen-bond donors (Lipinski definition) is 1. The van der Waals surface area contributed by atoms with Gasteiger partial charge in [-0.1, -0.05) is 18.5 Å². The summed E-state index contributed by atoms with van der Waals surface area (Å²) in [4.78, 5) is 14.1. The molecule has 0 radical (unpaired) electrons. The molecule has 2 rings (SSSR count). The molecule has 0 aliphatic carbocycles. The van der Waals surface area contributed by atoms with Crippen LogP contribution in [0.3, 0.4) is 0 Å². The Kier molecular flexibility index (Phi) is 8.74. The van der Waals surface area contributed by atoms with Crippen molar-refractivity contribution >= 4 is 29.9 Å². The van der Waals surface area contributed by atoms with Crippen LogP contribution in [0.15, 0.2) is 18.2 Å². The predicted molar refractivity (Wildman–Crippen MR) is 96.8 cm³/mol. The number of aryl methyl sites for hydroxylation is 1. The molecule has 130 valence electrons. The van der Waals surface area contributed by atoms with Crippen LogP contribution in [-0.4, -0.2) is 43.6 Å². The second-order valence-electron chi connectivity index (χ2n) is 5.83. The van der Waals surface area contributed by atoms with Crippen LogP contribution in [-0.2, 0) is 4.79 Å². The molecule has 23 heavy (non-hydrogen) atoms. The van der Waals surface area contributed by atoms with E-state index in [2.05, 4.69) is 12.2 Å². The first-order valence-electron chi connectivity index (χ1n) is 7.97. The van der Waals surface area contributed by atoms with E-state index in [1.54, 1.807) is 12.1 Å². The molecule has 0 unspecified atom stereocenters. The van der Waals surface area contributed by atoms with Gasteiger partial charge in [-0.05, 0) is 62.5 Å². The van der Waals surface area contributed by atoms with Crippen LogP contribution in [0.1, 0.15) is 25.3 Å². The molecule has 1 amide bonds. The average Bonchev–Trinajstić information content (AvgIpc) is 2.54. The topological polar surface area (TPSA) is 41.6 Å². The molecule has 1 aromatic rings. The summed E-state index contributed by atoms with van der Waals surface area (Å²) >= 11 is 5.98. The smallest absolute Gasteiger partial charge is 0.260 e. The lowest BCUT2D eigenvalue weighted by molar-refractivity contribution is -0.134. The third kappa shape index (κ3) is 6.21. The SMILES string of the molecule is CCNCC1CCN(C(=O)COc2ccc(Cl)c(C)c2)CC1.Cl. The number of halogens is 2. The number of ether oxygens (including phenoxy) is 1. The van der Waals surface area contributed by atoms with Crippen molar-refractivity contribution in [1.82, 2.24) is 10.2 Å². The Morgan fingerprint density at radius 1 is 1.39 bits per heavy atom. The van der Waals surface area contributed by atoms with Gasteiger partial charge in [0.2, 0.25) is 0 Å². The highest BCUT2D eigenvalue weighted by Gasteiger charge is 2.22. The molecule has 0 bridgehead atoms. The Morgan fingerprint density at radius 3 is 2.70 bits per heavy atom. The fourth-order valence-corrected chi connectivity index (χ4v) is 2.80. The summed E-state index contributed by atoms with van der Waals surface area (Å²) in [5.74, 6) is 1.44. The number of nitrogens with one attached hydrogen (secondary N) is 1. The highest BCUT2D eigenvalue weighted by molar-refractivity contribution is 6.31. The van der Waals surface area contributed by atoms with Crippen LogP contribution >= 0.6 is 24.0 Å². The first-order chi connectivity index (χ1) is 10.6. The zero-order valence-corrected chi connectivity index (χ0v) is 15.4. The van der Waals surface area contributed by atoms with Crippen LogP contribution in [0.2, 0.25) is 5.02 Å². The lowest BCUT2D eigenvalue weighted by Crippen LogP contribution is -2.42. The van der Waals surface area contributed by atoms with Gasteiger partial charge < -0.3 is 15.0 Å². The van der Waals surface area contributed by atoms with Crippen molar-refractivity contribution in [1.29, 1.82) is 0 Å². The molecule has 4 nitrogen and oxygen atoms in total. The first kappa shape index (κ1) is 20.1. The summed E-state index contributed by atoms with van der Waals surface area (Å²) in [6.45, 7) is 7.86. The van der Waals surface area contributed by atoms with Crippen molar-refractivity contribution in [2.75, 3.05) is 32.8 Å². The molecule has 1 fully saturated rings. The van der Waals surface area contributed by atoms with Gasteiger partial charge in [0, 0.05) is 18.1 Å². The maximum absolute atomic E-state index is 12.2. The molecule has 1 aliphatic heterocycles. The van der Waals surface area contributed by atoms with E-state index in [1.807, 2.05) is 17.9 Å². The lowest BCUT2D eigenvalue weighted by Gasteiger charge is -2.32. The van der Waals surface area contributed by atoms with Gasteiger partial charge in [-0.3, -0.25) is 4.79 Å². The molecule has 1 saturated heterocycles. The van der Waals surface area contributed by atoms with Gasteiger partial charge in [-0.25, -0.2) is 0 Å². The summed E-state index contributed by atoms with van der Waals surface area (Å²) in [6.07, 6.45) is 2.14. The maximum atomic E-state index is 12.2. The number of rotatable bonds is 6. The second kappa shape index (κ2) is 10.0. The quantitative estimate of drug-likeness (QED) is 0.845. The van der Waals surface area contributed by atoms with E-state index in [-0.39, 0.29) is 24.9 Å². The number of nitrogens with zero attached hydrogens (tertiary/aromatic N) is 1. The Hall–Kier alpha value is -0.970. The summed E-state index contributed by atoms with van der Waals surface area (Å²) in [5, 5.41) is 4.09. The van der Waals surface area contributed by atoms with Gasteiger partial charge in [0.1, 0.15) is 5.75 Å². The Bertz CT molecular complexity index is 503. The monoisotopic (exact) mass is 360 g/mol. The van der Waals surface area contributed by atoms with Crippen molar-refractivity contribution < 1.29 is 9.53 Å². The zero-order chi connectivity index (χ0) is 15.9. The van der Waals surface area contributed by atoms with E-state index < -0.39 is 0 Å². The Balaban J connectivity index is 0.00000264.